The molecule has 7 nitrogen and oxygen atoms in total. The van der Waals surface area contributed by atoms with E-state index in [2.05, 4.69) is 46.2 Å². The van der Waals surface area contributed by atoms with E-state index < -0.39 is 0 Å². The lowest BCUT2D eigenvalue weighted by Crippen LogP contribution is -2.56. The lowest BCUT2D eigenvalue weighted by Gasteiger charge is -2.43. The van der Waals surface area contributed by atoms with Crippen molar-refractivity contribution in [2.75, 3.05) is 31.5 Å². The number of rotatable bonds is 4. The van der Waals surface area contributed by atoms with Crippen LogP contribution in [-0.4, -0.2) is 62.7 Å². The Labute approximate surface area is 146 Å². The molecule has 0 radical (unpaired) electrons. The van der Waals surface area contributed by atoms with Crippen molar-refractivity contribution in [1.29, 1.82) is 0 Å². The second-order valence-electron chi connectivity index (χ2n) is 6.57. The number of aromatic amines is 1. The molecule has 1 fully saturated rings. The fourth-order valence-corrected chi connectivity index (χ4v) is 3.47. The third-order valence-corrected chi connectivity index (χ3v) is 5.61. The number of thiazole rings is 1. The van der Waals surface area contributed by atoms with Crippen LogP contribution >= 0.6 is 11.3 Å². The molecule has 2 aromatic rings. The highest BCUT2D eigenvalue weighted by Crippen LogP contribution is 2.27. The third-order valence-electron chi connectivity index (χ3n) is 4.82. The number of urea groups is 1. The zero-order chi connectivity index (χ0) is 17.2. The number of carbonyl (C=O) groups is 1. The molecule has 8 heteroatoms. The maximum atomic E-state index is 12.6. The van der Waals surface area contributed by atoms with Gasteiger partial charge in [0.15, 0.2) is 0 Å². The van der Waals surface area contributed by atoms with Gasteiger partial charge in [0.1, 0.15) is 10.7 Å². The number of hydrogen-bond acceptors (Lipinski definition) is 5. The average Bonchev–Trinajstić information content (AvgIpc) is 3.26. The summed E-state index contributed by atoms with van der Waals surface area (Å²) in [7, 11) is 0. The highest BCUT2D eigenvalue weighted by Gasteiger charge is 2.30. The maximum Gasteiger partial charge on any atom is 0.322 e. The van der Waals surface area contributed by atoms with Crippen LogP contribution in [-0.2, 0) is 0 Å². The number of amides is 2. The van der Waals surface area contributed by atoms with E-state index >= 15 is 0 Å². The monoisotopic (exact) mass is 348 g/mol. The van der Waals surface area contributed by atoms with Gasteiger partial charge in [0.25, 0.3) is 0 Å². The summed E-state index contributed by atoms with van der Waals surface area (Å²) in [4.78, 5) is 21.1. The Bertz CT molecular complexity index is 673. The van der Waals surface area contributed by atoms with Crippen LogP contribution in [0.2, 0.25) is 0 Å². The van der Waals surface area contributed by atoms with Gasteiger partial charge in [0.2, 0.25) is 0 Å². The molecule has 1 aliphatic heterocycles. The fraction of sp³-hybridized carbons (Fsp3) is 0.562. The Balaban J connectivity index is 1.61. The summed E-state index contributed by atoms with van der Waals surface area (Å²) in [5.74, 6) is 0. The summed E-state index contributed by atoms with van der Waals surface area (Å²) >= 11 is 1.51. The van der Waals surface area contributed by atoms with E-state index in [0.717, 1.165) is 43.3 Å². The summed E-state index contributed by atoms with van der Waals surface area (Å²) in [6, 6.07) is -0.0804. The fourth-order valence-electron chi connectivity index (χ4n) is 2.82. The van der Waals surface area contributed by atoms with E-state index in [4.69, 9.17) is 0 Å². The maximum absolute atomic E-state index is 12.6. The largest absolute Gasteiger partial charge is 0.322 e. The standard InChI is InChI=1S/C16H24N6OS/c1-4-16(2,3)22-8-6-21(7-9-22)15(23)19-12-11-18-20-13(12)14-17-5-10-24-14/h5,10-11H,4,6-9H2,1-3H3,(H,18,20)(H,19,23). The smallest absolute Gasteiger partial charge is 0.322 e. The van der Waals surface area contributed by atoms with Crippen molar-refractivity contribution in [3.8, 4) is 10.7 Å². The van der Waals surface area contributed by atoms with Crippen molar-refractivity contribution in [3.63, 3.8) is 0 Å². The molecule has 1 saturated heterocycles. The van der Waals surface area contributed by atoms with E-state index in [1.807, 2.05) is 10.3 Å². The zero-order valence-electron chi connectivity index (χ0n) is 14.4. The molecule has 0 spiro atoms. The molecule has 0 aliphatic carbocycles. The molecule has 2 N–H and O–H groups in total. The molecule has 2 aromatic heterocycles. The molecule has 130 valence electrons. The predicted molar refractivity (Wildman–Crippen MR) is 96.2 cm³/mol. The normalized spacial score (nSPS) is 16.4. The van der Waals surface area contributed by atoms with E-state index in [9.17, 15) is 4.79 Å². The van der Waals surface area contributed by atoms with Crippen molar-refractivity contribution < 1.29 is 4.79 Å². The zero-order valence-corrected chi connectivity index (χ0v) is 15.2. The Morgan fingerprint density at radius 1 is 1.38 bits per heavy atom. The minimum Gasteiger partial charge on any atom is -0.322 e. The van der Waals surface area contributed by atoms with Crippen molar-refractivity contribution in [1.82, 2.24) is 25.0 Å². The Hall–Kier alpha value is -1.93. The highest BCUT2D eigenvalue weighted by atomic mass is 32.1. The minimum atomic E-state index is -0.0804. The van der Waals surface area contributed by atoms with Crippen LogP contribution in [0.3, 0.4) is 0 Å². The van der Waals surface area contributed by atoms with Crippen LogP contribution < -0.4 is 5.32 Å². The van der Waals surface area contributed by atoms with Crippen LogP contribution in [0.1, 0.15) is 27.2 Å². The first-order valence-corrected chi connectivity index (χ1v) is 9.13. The average molecular weight is 348 g/mol. The van der Waals surface area contributed by atoms with Crippen LogP contribution in [0.15, 0.2) is 17.8 Å². The van der Waals surface area contributed by atoms with Crippen molar-refractivity contribution in [3.05, 3.63) is 17.8 Å². The molecular weight excluding hydrogens is 324 g/mol. The number of nitrogens with one attached hydrogen (secondary N) is 2. The highest BCUT2D eigenvalue weighted by molar-refractivity contribution is 7.13. The third kappa shape index (κ3) is 3.44. The van der Waals surface area contributed by atoms with Gasteiger partial charge in [-0.25, -0.2) is 9.78 Å². The minimum absolute atomic E-state index is 0.0804. The quantitative estimate of drug-likeness (QED) is 0.891. The molecule has 3 rings (SSSR count). The first-order valence-electron chi connectivity index (χ1n) is 8.25. The topological polar surface area (TPSA) is 77.1 Å². The SMILES string of the molecule is CCC(C)(C)N1CCN(C(=O)Nc2cn[nH]c2-c2nccs2)CC1. The molecule has 1 aliphatic rings. The summed E-state index contributed by atoms with van der Waals surface area (Å²) in [5.41, 5.74) is 1.61. The molecule has 0 atom stereocenters. The van der Waals surface area contributed by atoms with Crippen LogP contribution in [0.4, 0.5) is 10.5 Å². The lowest BCUT2D eigenvalue weighted by atomic mass is 9.98. The first-order chi connectivity index (χ1) is 11.5. The van der Waals surface area contributed by atoms with Crippen LogP contribution in [0.25, 0.3) is 10.7 Å². The molecule has 2 amide bonds. The second kappa shape index (κ2) is 6.90. The van der Waals surface area contributed by atoms with Gasteiger partial charge in [-0.1, -0.05) is 6.92 Å². The van der Waals surface area contributed by atoms with Gasteiger partial charge in [-0.05, 0) is 20.3 Å². The van der Waals surface area contributed by atoms with Gasteiger partial charge in [-0.2, -0.15) is 5.10 Å². The lowest BCUT2D eigenvalue weighted by molar-refractivity contribution is 0.0640. The number of nitrogens with zero attached hydrogens (tertiary/aromatic N) is 4. The van der Waals surface area contributed by atoms with Gasteiger partial charge in [0, 0.05) is 43.3 Å². The first kappa shape index (κ1) is 16.9. The van der Waals surface area contributed by atoms with Crippen LogP contribution in [0, 0.1) is 0 Å². The Morgan fingerprint density at radius 2 is 2.12 bits per heavy atom. The number of H-pyrrole nitrogens is 1. The van der Waals surface area contributed by atoms with E-state index in [1.54, 1.807) is 12.4 Å². The second-order valence-corrected chi connectivity index (χ2v) is 7.46. The van der Waals surface area contributed by atoms with Gasteiger partial charge in [-0.15, -0.1) is 11.3 Å². The molecule has 0 aromatic carbocycles. The molecule has 0 unspecified atom stereocenters. The molecule has 3 heterocycles. The van der Waals surface area contributed by atoms with Crippen LogP contribution in [0.5, 0.6) is 0 Å². The number of carbonyl (C=O) groups excluding carboxylic acids is 1. The summed E-state index contributed by atoms with van der Waals surface area (Å²) < 4.78 is 0. The number of piperazine rings is 1. The molecule has 0 bridgehead atoms. The van der Waals surface area contributed by atoms with Gasteiger partial charge < -0.3 is 10.2 Å². The van der Waals surface area contributed by atoms with Gasteiger partial charge in [-0.3, -0.25) is 10.00 Å². The molecule has 24 heavy (non-hydrogen) atoms. The predicted octanol–water partition coefficient (Wildman–Crippen LogP) is 2.87. The van der Waals surface area contributed by atoms with E-state index in [-0.39, 0.29) is 11.6 Å². The molecular formula is C16H24N6OS. The molecule has 0 saturated carbocycles. The number of aromatic nitrogens is 3. The van der Waals surface area contributed by atoms with Crippen molar-refractivity contribution >= 4 is 23.1 Å². The number of hydrogen-bond donors (Lipinski definition) is 2. The Morgan fingerprint density at radius 3 is 2.75 bits per heavy atom. The van der Waals surface area contributed by atoms with Gasteiger partial charge in [0.05, 0.1) is 11.9 Å². The van der Waals surface area contributed by atoms with E-state index in [0.29, 0.717) is 5.69 Å². The van der Waals surface area contributed by atoms with Gasteiger partial charge >= 0.3 is 6.03 Å². The summed E-state index contributed by atoms with van der Waals surface area (Å²) in [5, 5.41) is 12.6. The summed E-state index contributed by atoms with van der Waals surface area (Å²) in [6.45, 7) is 10.00. The Kier molecular flexibility index (Phi) is 4.86. The van der Waals surface area contributed by atoms with Crippen molar-refractivity contribution in [2.24, 2.45) is 0 Å². The van der Waals surface area contributed by atoms with E-state index in [1.165, 1.54) is 11.3 Å². The number of anilines is 1. The summed E-state index contributed by atoms with van der Waals surface area (Å²) in [6.07, 6.45) is 4.47. The van der Waals surface area contributed by atoms with Crippen molar-refractivity contribution in [2.45, 2.75) is 32.7 Å².